The Balaban J connectivity index is 0.893. The first-order chi connectivity index (χ1) is 28.6. The number of anilines is 3. The van der Waals surface area contributed by atoms with Crippen molar-refractivity contribution in [3.8, 4) is 27.9 Å². The quantitative estimate of drug-likeness (QED) is 0.158. The fraction of sp³-hybridized carbons (Fsp3) is 0.179. The van der Waals surface area contributed by atoms with Crippen LogP contribution in [0.1, 0.15) is 37.7 Å². The summed E-state index contributed by atoms with van der Waals surface area (Å²) in [5.74, 6) is 3.01. The first-order valence-corrected chi connectivity index (χ1v) is 21.3. The molecule has 58 heavy (non-hydrogen) atoms. The highest BCUT2D eigenvalue weighted by molar-refractivity contribution is 6.09. The van der Waals surface area contributed by atoms with Crippen molar-refractivity contribution in [3.63, 3.8) is 0 Å². The van der Waals surface area contributed by atoms with Crippen molar-refractivity contribution < 1.29 is 0 Å². The van der Waals surface area contributed by atoms with E-state index in [1.54, 1.807) is 5.56 Å². The first-order valence-electron chi connectivity index (χ1n) is 21.3. The summed E-state index contributed by atoms with van der Waals surface area (Å²) >= 11 is 0. The van der Waals surface area contributed by atoms with Crippen molar-refractivity contribution in [1.82, 2.24) is 4.57 Å². The second-order valence-corrected chi connectivity index (χ2v) is 18.0. The molecule has 4 fully saturated rings. The predicted molar refractivity (Wildman–Crippen MR) is 242 cm³/mol. The number of benzene rings is 8. The maximum Gasteiger partial charge on any atom is 0.0541 e. The second-order valence-electron chi connectivity index (χ2n) is 18.0. The molecule has 0 saturated heterocycles. The van der Waals surface area contributed by atoms with Crippen LogP contribution in [0.2, 0.25) is 0 Å². The minimum absolute atomic E-state index is 0.396. The number of rotatable bonds is 7. The van der Waals surface area contributed by atoms with Crippen LogP contribution in [-0.4, -0.2) is 4.57 Å². The van der Waals surface area contributed by atoms with Crippen molar-refractivity contribution >= 4 is 49.6 Å². The highest BCUT2D eigenvalue weighted by Crippen LogP contribution is 2.84. The Morgan fingerprint density at radius 3 is 1.76 bits per heavy atom. The molecule has 8 aromatic carbocycles. The van der Waals surface area contributed by atoms with Gasteiger partial charge in [0.05, 0.1) is 11.0 Å². The topological polar surface area (TPSA) is 8.17 Å². The average Bonchev–Trinajstić information content (AvgIpc) is 3.90. The Bertz CT molecular complexity index is 3000. The van der Waals surface area contributed by atoms with Crippen molar-refractivity contribution in [1.29, 1.82) is 0 Å². The lowest BCUT2D eigenvalue weighted by Gasteiger charge is -2.66. The minimum Gasteiger partial charge on any atom is -0.310 e. The summed E-state index contributed by atoms with van der Waals surface area (Å²) in [6.45, 7) is 0. The minimum atomic E-state index is 0.396. The highest BCUT2D eigenvalue weighted by Gasteiger charge is 2.77. The van der Waals surface area contributed by atoms with Crippen LogP contribution in [0, 0.1) is 23.2 Å². The van der Waals surface area contributed by atoms with Gasteiger partial charge in [-0.05, 0) is 160 Å². The van der Waals surface area contributed by atoms with E-state index in [9.17, 15) is 0 Å². The van der Waals surface area contributed by atoms with Gasteiger partial charge in [-0.1, -0.05) is 127 Å². The molecule has 0 aliphatic heterocycles. The van der Waals surface area contributed by atoms with Crippen molar-refractivity contribution in [2.24, 2.45) is 23.2 Å². The molecule has 1 heterocycles. The summed E-state index contributed by atoms with van der Waals surface area (Å²) in [5, 5.41) is 5.11. The average molecular weight is 745 g/mol. The van der Waals surface area contributed by atoms with Crippen molar-refractivity contribution in [3.05, 3.63) is 194 Å². The van der Waals surface area contributed by atoms with Gasteiger partial charge in [0.2, 0.25) is 0 Å². The van der Waals surface area contributed by atoms with E-state index in [4.69, 9.17) is 0 Å². The summed E-state index contributed by atoms with van der Waals surface area (Å²) in [6, 6.07) is 70.0. The maximum atomic E-state index is 2.49. The summed E-state index contributed by atoms with van der Waals surface area (Å²) in [6.07, 6.45) is 7.26. The predicted octanol–water partition coefficient (Wildman–Crippen LogP) is 14.8. The first kappa shape index (κ1) is 32.7. The molecular weight excluding hydrogens is 701 g/mol. The van der Waals surface area contributed by atoms with Crippen LogP contribution in [0.15, 0.2) is 188 Å². The molecule has 2 nitrogen and oxygen atoms in total. The van der Waals surface area contributed by atoms with E-state index in [0.717, 1.165) is 34.5 Å². The van der Waals surface area contributed by atoms with Crippen LogP contribution in [0.25, 0.3) is 60.5 Å². The number of para-hydroxylation sites is 2. The molecule has 278 valence electrons. The summed E-state index contributed by atoms with van der Waals surface area (Å²) in [4.78, 5) is 2.46. The van der Waals surface area contributed by atoms with Gasteiger partial charge < -0.3 is 9.47 Å². The number of hydrogen-bond donors (Lipinski definition) is 0. The molecule has 0 N–H and O–H groups in total. The van der Waals surface area contributed by atoms with E-state index < -0.39 is 0 Å². The summed E-state index contributed by atoms with van der Waals surface area (Å²) < 4.78 is 2.40. The maximum absolute atomic E-state index is 2.49. The van der Waals surface area contributed by atoms with Crippen LogP contribution in [0.4, 0.5) is 17.1 Å². The monoisotopic (exact) mass is 744 g/mol. The fourth-order valence-corrected chi connectivity index (χ4v) is 12.9. The molecule has 0 radical (unpaired) electrons. The Labute approximate surface area is 340 Å². The normalized spacial score (nSPS) is 23.8. The van der Waals surface area contributed by atoms with Crippen LogP contribution >= 0.6 is 0 Å². The van der Waals surface area contributed by atoms with E-state index in [1.807, 2.05) is 0 Å². The number of hydrogen-bond acceptors (Lipinski definition) is 1. The molecule has 4 aliphatic rings. The molecule has 2 bridgehead atoms. The van der Waals surface area contributed by atoms with Gasteiger partial charge in [-0.15, -0.1) is 0 Å². The fourth-order valence-electron chi connectivity index (χ4n) is 12.9. The molecule has 2 atom stereocenters. The Morgan fingerprint density at radius 2 is 1.05 bits per heavy atom. The molecule has 0 unspecified atom stereocenters. The molecule has 4 saturated carbocycles. The van der Waals surface area contributed by atoms with Gasteiger partial charge in [-0.25, -0.2) is 0 Å². The lowest BCUT2D eigenvalue weighted by molar-refractivity contribution is -0.175. The van der Waals surface area contributed by atoms with E-state index in [-0.39, 0.29) is 0 Å². The molecule has 9 aromatic rings. The van der Waals surface area contributed by atoms with Gasteiger partial charge in [0.25, 0.3) is 0 Å². The van der Waals surface area contributed by atoms with E-state index >= 15 is 0 Å². The third kappa shape index (κ3) is 4.55. The molecule has 4 aliphatic carbocycles. The zero-order chi connectivity index (χ0) is 38.0. The molecule has 0 amide bonds. The van der Waals surface area contributed by atoms with E-state index in [1.165, 1.54) is 98.3 Å². The zero-order valence-corrected chi connectivity index (χ0v) is 32.6. The van der Waals surface area contributed by atoms with Gasteiger partial charge in [0, 0.05) is 33.5 Å². The standard InChI is InChI=1S/C56H44N2/c1-2-16-49-38(10-1)11-9-19-50(49)40-13-8-14-47(31-40)57(46-28-24-41(25-29-46)55-34-43-32-42-33-44(35-55)56(42,43)36-55)45-26-22-37(23-27-45)39-12-7-15-48(30-39)58-53-20-5-3-17-51(53)52-18-4-6-21-54(52)58/h1-31,42-44H,32-36H2/t42?,43-,44-,55?,56?/m0/s1. The van der Waals surface area contributed by atoms with Gasteiger partial charge in [-0.3, -0.25) is 0 Å². The third-order valence-electron chi connectivity index (χ3n) is 15.4. The molecule has 1 spiro atoms. The van der Waals surface area contributed by atoms with Crippen LogP contribution in [-0.2, 0) is 5.41 Å². The molecule has 13 rings (SSSR count). The Kier molecular flexibility index (Phi) is 6.80. The zero-order valence-electron chi connectivity index (χ0n) is 32.6. The van der Waals surface area contributed by atoms with E-state index in [2.05, 4.69) is 198 Å². The highest BCUT2D eigenvalue weighted by atomic mass is 15.1. The van der Waals surface area contributed by atoms with Gasteiger partial charge in [0.1, 0.15) is 0 Å². The van der Waals surface area contributed by atoms with Crippen LogP contribution in [0.3, 0.4) is 0 Å². The lowest BCUT2D eigenvalue weighted by atomic mass is 9.38. The molecule has 1 aromatic heterocycles. The summed E-state index contributed by atoms with van der Waals surface area (Å²) in [5.41, 5.74) is 14.7. The van der Waals surface area contributed by atoms with E-state index in [0.29, 0.717) is 5.41 Å². The number of aromatic nitrogens is 1. The Morgan fingerprint density at radius 1 is 0.448 bits per heavy atom. The van der Waals surface area contributed by atoms with Crippen molar-refractivity contribution in [2.45, 2.75) is 37.5 Å². The summed E-state index contributed by atoms with van der Waals surface area (Å²) in [7, 11) is 0. The second kappa shape index (κ2) is 12.1. The SMILES string of the molecule is c1cc(-c2cccc3ccccc23)cc(N(c2ccc(-c3cccc(-n4c5ccccc5c5ccccc54)c3)cc2)c2ccc(C34C[C@@H]5CC6C[C@@H](C3)C65C4)cc2)c1. The lowest BCUT2D eigenvalue weighted by Crippen LogP contribution is -2.59. The largest absolute Gasteiger partial charge is 0.310 e. The van der Waals surface area contributed by atoms with Crippen LogP contribution in [0.5, 0.6) is 0 Å². The van der Waals surface area contributed by atoms with Gasteiger partial charge in [-0.2, -0.15) is 0 Å². The molecular formula is C56H44N2. The number of fused-ring (bicyclic) bond motifs is 5. The van der Waals surface area contributed by atoms with Gasteiger partial charge >= 0.3 is 0 Å². The number of nitrogens with zero attached hydrogens (tertiary/aromatic N) is 2. The van der Waals surface area contributed by atoms with Gasteiger partial charge in [0.15, 0.2) is 0 Å². The smallest absolute Gasteiger partial charge is 0.0541 e. The van der Waals surface area contributed by atoms with Crippen LogP contribution < -0.4 is 4.90 Å². The Hall–Kier alpha value is -6.38. The molecule has 2 heteroatoms. The van der Waals surface area contributed by atoms with Crippen molar-refractivity contribution in [2.75, 3.05) is 4.90 Å². The third-order valence-corrected chi connectivity index (χ3v) is 15.4.